The number of rotatable bonds is 3. The summed E-state index contributed by atoms with van der Waals surface area (Å²) in [6.07, 6.45) is 0. The normalized spacial score (nSPS) is 10.6. The van der Waals surface area contributed by atoms with Crippen LogP contribution < -0.4 is 5.32 Å². The third-order valence-corrected chi connectivity index (χ3v) is 3.75. The van der Waals surface area contributed by atoms with Gasteiger partial charge < -0.3 is 5.32 Å². The lowest BCUT2D eigenvalue weighted by Gasteiger charge is -2.10. The van der Waals surface area contributed by atoms with Crippen LogP contribution >= 0.6 is 11.6 Å². The predicted octanol–water partition coefficient (Wildman–Crippen LogP) is 4.39. The Kier molecular flexibility index (Phi) is 4.17. The maximum atomic E-state index is 12.6. The number of nitrogens with zero attached hydrogens (tertiary/aromatic N) is 2. The van der Waals surface area contributed by atoms with Crippen LogP contribution in [0.25, 0.3) is 5.69 Å². The van der Waals surface area contributed by atoms with Crippen molar-refractivity contribution < 1.29 is 4.79 Å². The number of para-hydroxylation sites is 1. The summed E-state index contributed by atoms with van der Waals surface area (Å²) >= 11 is 6.19. The first kappa shape index (κ1) is 15.3. The summed E-state index contributed by atoms with van der Waals surface area (Å²) < 4.78 is 1.63. The van der Waals surface area contributed by atoms with E-state index in [0.29, 0.717) is 16.4 Å². The molecule has 5 heteroatoms. The summed E-state index contributed by atoms with van der Waals surface area (Å²) in [7, 11) is 0. The van der Waals surface area contributed by atoms with Crippen molar-refractivity contribution in [3.05, 3.63) is 76.6 Å². The molecule has 0 aliphatic heterocycles. The molecule has 2 aromatic carbocycles. The zero-order valence-corrected chi connectivity index (χ0v) is 13.6. The topological polar surface area (TPSA) is 46.9 Å². The van der Waals surface area contributed by atoms with Gasteiger partial charge in [0, 0.05) is 0 Å². The fraction of sp³-hybridized carbons (Fsp3) is 0.111. The minimum atomic E-state index is -0.250. The molecule has 1 amide bonds. The van der Waals surface area contributed by atoms with Crippen LogP contribution in [0.1, 0.15) is 21.7 Å². The van der Waals surface area contributed by atoms with Crippen LogP contribution in [-0.4, -0.2) is 15.7 Å². The Labute approximate surface area is 139 Å². The summed E-state index contributed by atoms with van der Waals surface area (Å²) in [4.78, 5) is 12.6. The zero-order valence-electron chi connectivity index (χ0n) is 12.9. The molecule has 0 aliphatic rings. The largest absolute Gasteiger partial charge is 0.319 e. The van der Waals surface area contributed by atoms with Gasteiger partial charge in [-0.1, -0.05) is 35.9 Å². The highest BCUT2D eigenvalue weighted by molar-refractivity contribution is 6.34. The third-order valence-electron chi connectivity index (χ3n) is 3.44. The van der Waals surface area contributed by atoms with Gasteiger partial charge in [0.1, 0.15) is 5.69 Å². The van der Waals surface area contributed by atoms with Crippen molar-refractivity contribution in [1.82, 2.24) is 9.78 Å². The van der Waals surface area contributed by atoms with E-state index in [1.54, 1.807) is 16.8 Å². The van der Waals surface area contributed by atoms with Crippen LogP contribution in [0.4, 0.5) is 5.69 Å². The highest BCUT2D eigenvalue weighted by Gasteiger charge is 2.16. The third kappa shape index (κ3) is 3.27. The first-order valence-electron chi connectivity index (χ1n) is 7.24. The molecule has 0 atom stereocenters. The lowest BCUT2D eigenvalue weighted by molar-refractivity contribution is 0.101. The number of aryl methyl sites for hydroxylation is 2. The van der Waals surface area contributed by atoms with Gasteiger partial charge in [-0.2, -0.15) is 5.10 Å². The number of hydrogen-bond acceptors (Lipinski definition) is 2. The smallest absolute Gasteiger partial charge is 0.274 e. The predicted molar refractivity (Wildman–Crippen MR) is 92.4 cm³/mol. The van der Waals surface area contributed by atoms with Gasteiger partial charge in [-0.15, -0.1) is 0 Å². The summed E-state index contributed by atoms with van der Waals surface area (Å²) in [5.41, 5.74) is 3.69. The van der Waals surface area contributed by atoms with Crippen LogP contribution in [0.15, 0.2) is 54.6 Å². The van der Waals surface area contributed by atoms with Gasteiger partial charge >= 0.3 is 0 Å². The number of carbonyl (C=O) groups excluding carboxylic acids is 1. The number of halogens is 1. The van der Waals surface area contributed by atoms with Gasteiger partial charge in [0.2, 0.25) is 0 Å². The maximum absolute atomic E-state index is 12.6. The molecule has 0 fully saturated rings. The molecule has 116 valence electrons. The fourth-order valence-corrected chi connectivity index (χ4v) is 2.62. The Balaban J connectivity index is 1.94. The average molecular weight is 326 g/mol. The molecule has 0 unspecified atom stereocenters. The Hall–Kier alpha value is -2.59. The standard InChI is InChI=1S/C18H16ClN3O/c1-12-8-9-16(15(19)10-12)20-18(23)17-11-13(2)21-22(17)14-6-4-3-5-7-14/h3-11H,1-2H3,(H,20,23). The molecule has 0 bridgehead atoms. The molecule has 0 aliphatic carbocycles. The number of nitrogens with one attached hydrogen (secondary N) is 1. The van der Waals surface area contributed by atoms with Crippen LogP contribution in [0.5, 0.6) is 0 Å². The van der Waals surface area contributed by atoms with Crippen LogP contribution in [0.2, 0.25) is 5.02 Å². The van der Waals surface area contributed by atoms with E-state index in [0.717, 1.165) is 16.9 Å². The van der Waals surface area contributed by atoms with Crippen molar-refractivity contribution in [2.24, 2.45) is 0 Å². The fourth-order valence-electron chi connectivity index (χ4n) is 2.34. The van der Waals surface area contributed by atoms with Crippen molar-refractivity contribution in [3.8, 4) is 5.69 Å². The second-order valence-electron chi connectivity index (χ2n) is 5.36. The lowest BCUT2D eigenvalue weighted by Crippen LogP contribution is -2.17. The SMILES string of the molecule is Cc1ccc(NC(=O)c2cc(C)nn2-c2ccccc2)c(Cl)c1. The number of carbonyl (C=O) groups is 1. The molecular formula is C18H16ClN3O. The Morgan fingerprint density at radius 2 is 1.83 bits per heavy atom. The Bertz CT molecular complexity index is 856. The van der Waals surface area contributed by atoms with E-state index in [1.807, 2.05) is 56.3 Å². The van der Waals surface area contributed by atoms with E-state index in [2.05, 4.69) is 10.4 Å². The number of hydrogen-bond donors (Lipinski definition) is 1. The Morgan fingerprint density at radius 1 is 1.09 bits per heavy atom. The van der Waals surface area contributed by atoms with Gasteiger partial charge in [0.05, 0.1) is 22.1 Å². The van der Waals surface area contributed by atoms with E-state index in [9.17, 15) is 4.79 Å². The molecule has 1 heterocycles. The highest BCUT2D eigenvalue weighted by atomic mass is 35.5. The second kappa shape index (κ2) is 6.26. The summed E-state index contributed by atoms with van der Waals surface area (Å²) in [5.74, 6) is -0.250. The van der Waals surface area contributed by atoms with E-state index < -0.39 is 0 Å². The van der Waals surface area contributed by atoms with E-state index in [4.69, 9.17) is 11.6 Å². The summed E-state index contributed by atoms with van der Waals surface area (Å²) in [6, 6.07) is 16.8. The molecule has 3 rings (SSSR count). The van der Waals surface area contributed by atoms with Gasteiger partial charge in [-0.3, -0.25) is 4.79 Å². The first-order chi connectivity index (χ1) is 11.0. The molecule has 1 N–H and O–H groups in total. The Morgan fingerprint density at radius 3 is 2.52 bits per heavy atom. The van der Waals surface area contributed by atoms with E-state index >= 15 is 0 Å². The van der Waals surface area contributed by atoms with Crippen LogP contribution in [-0.2, 0) is 0 Å². The molecule has 0 spiro atoms. The average Bonchev–Trinajstić information content (AvgIpc) is 2.93. The second-order valence-corrected chi connectivity index (χ2v) is 5.76. The number of benzene rings is 2. The lowest BCUT2D eigenvalue weighted by atomic mass is 10.2. The number of anilines is 1. The first-order valence-corrected chi connectivity index (χ1v) is 7.62. The summed E-state index contributed by atoms with van der Waals surface area (Å²) in [6.45, 7) is 3.81. The van der Waals surface area contributed by atoms with E-state index in [-0.39, 0.29) is 5.91 Å². The van der Waals surface area contributed by atoms with Gasteiger partial charge in [0.25, 0.3) is 5.91 Å². The quantitative estimate of drug-likeness (QED) is 0.776. The van der Waals surface area contributed by atoms with Gasteiger partial charge in [0.15, 0.2) is 0 Å². The molecule has 1 aromatic heterocycles. The molecule has 0 saturated carbocycles. The van der Waals surface area contributed by atoms with Crippen molar-refractivity contribution in [1.29, 1.82) is 0 Å². The number of aromatic nitrogens is 2. The summed E-state index contributed by atoms with van der Waals surface area (Å²) in [5, 5.41) is 7.76. The van der Waals surface area contributed by atoms with Crippen molar-refractivity contribution >= 4 is 23.2 Å². The van der Waals surface area contributed by atoms with Crippen molar-refractivity contribution in [3.63, 3.8) is 0 Å². The molecule has 3 aromatic rings. The van der Waals surface area contributed by atoms with Gasteiger partial charge in [-0.25, -0.2) is 4.68 Å². The van der Waals surface area contributed by atoms with Gasteiger partial charge in [-0.05, 0) is 49.7 Å². The van der Waals surface area contributed by atoms with Crippen LogP contribution in [0, 0.1) is 13.8 Å². The molecule has 23 heavy (non-hydrogen) atoms. The highest BCUT2D eigenvalue weighted by Crippen LogP contribution is 2.24. The minimum Gasteiger partial charge on any atom is -0.319 e. The molecule has 4 nitrogen and oxygen atoms in total. The molecular weight excluding hydrogens is 310 g/mol. The maximum Gasteiger partial charge on any atom is 0.274 e. The van der Waals surface area contributed by atoms with E-state index in [1.165, 1.54) is 0 Å². The minimum absolute atomic E-state index is 0.250. The van der Waals surface area contributed by atoms with Crippen molar-refractivity contribution in [2.45, 2.75) is 13.8 Å². The molecule has 0 saturated heterocycles. The zero-order chi connectivity index (χ0) is 16.4. The van der Waals surface area contributed by atoms with Crippen molar-refractivity contribution in [2.75, 3.05) is 5.32 Å². The number of amides is 1. The molecule has 0 radical (unpaired) electrons. The van der Waals surface area contributed by atoms with Crippen LogP contribution in [0.3, 0.4) is 0 Å². The monoisotopic (exact) mass is 325 g/mol.